The maximum Gasteiger partial charge on any atom is 0.196 e. The van der Waals surface area contributed by atoms with Crippen LogP contribution in [-0.4, -0.2) is 17.3 Å². The lowest BCUT2D eigenvalue weighted by Crippen LogP contribution is -2.23. The highest BCUT2D eigenvalue weighted by Crippen LogP contribution is 2.30. The smallest absolute Gasteiger partial charge is 0.196 e. The lowest BCUT2D eigenvalue weighted by molar-refractivity contribution is 0.0945. The molecule has 0 aromatic carbocycles. The van der Waals surface area contributed by atoms with Gasteiger partial charge in [-0.1, -0.05) is 0 Å². The fourth-order valence-electron chi connectivity index (χ4n) is 1.11. The number of ether oxygens (including phenoxy) is 1. The summed E-state index contributed by atoms with van der Waals surface area (Å²) in [5.74, 6) is 0.795. The first kappa shape index (κ1) is 6.79. The molecule has 2 aliphatic rings. The van der Waals surface area contributed by atoms with Crippen molar-refractivity contribution in [3.05, 3.63) is 23.2 Å². The molecule has 0 aromatic rings. The Balaban J connectivity index is 2.38. The Morgan fingerprint density at radius 3 is 3.27 bits per heavy atom. The van der Waals surface area contributed by atoms with E-state index >= 15 is 0 Å². The molecule has 0 spiro atoms. The van der Waals surface area contributed by atoms with Gasteiger partial charge in [-0.3, -0.25) is 4.90 Å². The Bertz CT molecular complexity index is 270. The summed E-state index contributed by atoms with van der Waals surface area (Å²) in [5.41, 5.74) is 0. The van der Waals surface area contributed by atoms with Crippen LogP contribution in [0.4, 0.5) is 0 Å². The second-order valence-electron chi connectivity index (χ2n) is 2.37. The molecule has 0 radical (unpaired) electrons. The number of aliphatic imine (C=N–C) groups is 1. The minimum atomic E-state index is 0.0196. The highest BCUT2D eigenvalue weighted by molar-refractivity contribution is 7.84. The molecule has 0 fully saturated rings. The molecule has 11 heavy (non-hydrogen) atoms. The molecule has 58 valence electrons. The molecule has 0 amide bonds. The van der Waals surface area contributed by atoms with Gasteiger partial charge in [0.05, 0.1) is 0 Å². The van der Waals surface area contributed by atoms with Crippen LogP contribution in [-0.2, 0) is 4.74 Å². The van der Waals surface area contributed by atoms with Crippen LogP contribution in [0, 0.1) is 0 Å². The van der Waals surface area contributed by atoms with E-state index in [1.54, 1.807) is 6.21 Å². The van der Waals surface area contributed by atoms with Gasteiger partial charge in [0, 0.05) is 12.4 Å². The van der Waals surface area contributed by atoms with E-state index in [1.165, 1.54) is 0 Å². The number of rotatable bonds is 0. The zero-order valence-electron chi connectivity index (χ0n) is 6.06. The number of hydrogen-bond acceptors (Lipinski definition) is 4. The van der Waals surface area contributed by atoms with E-state index in [2.05, 4.69) is 17.6 Å². The summed E-state index contributed by atoms with van der Waals surface area (Å²) < 4.78 is 5.31. The number of hydrogen-bond donors (Lipinski definition) is 1. The van der Waals surface area contributed by atoms with Gasteiger partial charge in [0.25, 0.3) is 0 Å². The van der Waals surface area contributed by atoms with Gasteiger partial charge in [-0.25, -0.2) is 4.99 Å². The second kappa shape index (κ2) is 2.30. The number of nitrogens with zero attached hydrogens (tertiary/aromatic N) is 2. The number of thiol groups is 1. The highest BCUT2D eigenvalue weighted by Gasteiger charge is 2.27. The van der Waals surface area contributed by atoms with Crippen LogP contribution >= 0.6 is 12.6 Å². The lowest BCUT2D eigenvalue weighted by atomic mass is 10.4. The topological polar surface area (TPSA) is 24.8 Å². The van der Waals surface area contributed by atoms with Gasteiger partial charge in [-0.15, -0.1) is 12.6 Å². The van der Waals surface area contributed by atoms with E-state index in [9.17, 15) is 0 Å². The number of fused-ring (bicyclic) bond motifs is 1. The maximum atomic E-state index is 5.31. The van der Waals surface area contributed by atoms with Crippen molar-refractivity contribution in [3.63, 3.8) is 0 Å². The first-order chi connectivity index (χ1) is 5.29. The summed E-state index contributed by atoms with van der Waals surface area (Å²) in [6.07, 6.45) is 5.54. The zero-order valence-corrected chi connectivity index (χ0v) is 6.95. The van der Waals surface area contributed by atoms with Crippen molar-refractivity contribution < 1.29 is 4.74 Å². The Morgan fingerprint density at radius 2 is 2.55 bits per heavy atom. The third kappa shape index (κ3) is 0.939. The van der Waals surface area contributed by atoms with Crippen LogP contribution in [0.3, 0.4) is 0 Å². The van der Waals surface area contributed by atoms with Gasteiger partial charge in [-0.2, -0.15) is 0 Å². The summed E-state index contributed by atoms with van der Waals surface area (Å²) in [6.45, 7) is 1.95. The minimum absolute atomic E-state index is 0.0196. The average Bonchev–Trinajstić information content (AvgIpc) is 2.30. The first-order valence-electron chi connectivity index (χ1n) is 3.38. The second-order valence-corrected chi connectivity index (χ2v) is 2.78. The maximum absolute atomic E-state index is 5.31. The van der Waals surface area contributed by atoms with Gasteiger partial charge in [0.1, 0.15) is 0 Å². The summed E-state index contributed by atoms with van der Waals surface area (Å²) in [7, 11) is 0. The van der Waals surface area contributed by atoms with Gasteiger partial charge >= 0.3 is 0 Å². The molecule has 0 N–H and O–H groups in total. The van der Waals surface area contributed by atoms with Gasteiger partial charge < -0.3 is 4.74 Å². The van der Waals surface area contributed by atoms with Crippen molar-refractivity contribution in [2.24, 2.45) is 4.99 Å². The monoisotopic (exact) mass is 168 g/mol. The van der Waals surface area contributed by atoms with E-state index < -0.39 is 0 Å². The Hall–Kier alpha value is -0.900. The van der Waals surface area contributed by atoms with Crippen LogP contribution in [0.5, 0.6) is 0 Å². The highest BCUT2D eigenvalue weighted by atomic mass is 32.1. The van der Waals surface area contributed by atoms with Gasteiger partial charge in [0.15, 0.2) is 17.1 Å². The summed E-state index contributed by atoms with van der Waals surface area (Å²) in [5, 5.41) is 0.595. The molecule has 3 nitrogen and oxygen atoms in total. The molecule has 4 heteroatoms. The van der Waals surface area contributed by atoms with Crippen LogP contribution in [0.2, 0.25) is 0 Å². The molecule has 0 saturated carbocycles. The van der Waals surface area contributed by atoms with E-state index in [1.807, 2.05) is 24.1 Å². The summed E-state index contributed by atoms with van der Waals surface area (Å²) >= 11 is 4.14. The van der Waals surface area contributed by atoms with Crippen molar-refractivity contribution in [1.29, 1.82) is 0 Å². The average molecular weight is 168 g/mol. The summed E-state index contributed by atoms with van der Waals surface area (Å²) in [6, 6.07) is 0. The lowest BCUT2D eigenvalue weighted by Gasteiger charge is -2.19. The van der Waals surface area contributed by atoms with Crippen molar-refractivity contribution in [2.75, 3.05) is 0 Å². The fraction of sp³-hybridized carbons (Fsp3) is 0.286. The number of allylic oxidation sites excluding steroid dienone is 1. The largest absolute Gasteiger partial charge is 0.461 e. The van der Waals surface area contributed by atoms with Crippen LogP contribution in [0.25, 0.3) is 0 Å². The van der Waals surface area contributed by atoms with Crippen LogP contribution < -0.4 is 0 Å². The molecule has 2 rings (SSSR count). The third-order valence-electron chi connectivity index (χ3n) is 1.64. The van der Waals surface area contributed by atoms with Gasteiger partial charge in [0.2, 0.25) is 0 Å². The molecule has 2 aliphatic heterocycles. The van der Waals surface area contributed by atoms with Crippen molar-refractivity contribution in [3.8, 4) is 0 Å². The minimum Gasteiger partial charge on any atom is -0.461 e. The quantitative estimate of drug-likeness (QED) is 0.552. The van der Waals surface area contributed by atoms with Crippen molar-refractivity contribution in [1.82, 2.24) is 4.90 Å². The Labute approximate surface area is 70.5 Å². The molecular weight excluding hydrogens is 160 g/mol. The SMILES string of the molecule is CC1OC(S)=C2N=CC=CN21. The van der Waals surface area contributed by atoms with Gasteiger partial charge in [-0.05, 0) is 13.0 Å². The van der Waals surface area contributed by atoms with Crippen LogP contribution in [0.1, 0.15) is 6.92 Å². The van der Waals surface area contributed by atoms with E-state index in [-0.39, 0.29) is 6.23 Å². The standard InChI is InChI=1S/C7H8N2OS/c1-5-9-4-2-3-8-6(9)7(11)10-5/h2-5,11H,1H3. The van der Waals surface area contributed by atoms with Crippen molar-refractivity contribution in [2.45, 2.75) is 13.2 Å². The molecule has 0 saturated heterocycles. The fourth-order valence-corrected chi connectivity index (χ4v) is 1.44. The van der Waals surface area contributed by atoms with E-state index in [0.29, 0.717) is 5.09 Å². The molecule has 1 unspecified atom stereocenters. The predicted octanol–water partition coefficient (Wildman–Crippen LogP) is 1.32. The van der Waals surface area contributed by atoms with Crippen LogP contribution in [0.15, 0.2) is 28.2 Å². The molecule has 0 bridgehead atoms. The molecule has 0 aliphatic carbocycles. The normalized spacial score (nSPS) is 27.5. The van der Waals surface area contributed by atoms with Crippen molar-refractivity contribution >= 4 is 18.8 Å². The predicted molar refractivity (Wildman–Crippen MR) is 46.0 cm³/mol. The molecule has 0 aromatic heterocycles. The molecule has 2 heterocycles. The van der Waals surface area contributed by atoms with E-state index in [0.717, 1.165) is 5.82 Å². The third-order valence-corrected chi connectivity index (χ3v) is 1.94. The van der Waals surface area contributed by atoms with E-state index in [4.69, 9.17) is 4.74 Å². The zero-order chi connectivity index (χ0) is 7.84. The summed E-state index contributed by atoms with van der Waals surface area (Å²) in [4.78, 5) is 6.05. The Kier molecular flexibility index (Phi) is 1.42. The molecular formula is C7H8N2OS. The Morgan fingerprint density at radius 1 is 1.73 bits per heavy atom. The first-order valence-corrected chi connectivity index (χ1v) is 3.83. The molecule has 1 atom stereocenters.